The molecule has 7 atom stereocenters. The Kier molecular flexibility index (Phi) is 13.6. The summed E-state index contributed by atoms with van der Waals surface area (Å²) in [5.74, 6) is -2.19. The number of carbonyl (C=O) groups is 4. The molecule has 0 unspecified atom stereocenters. The molecule has 12 N–H and O–H groups in total. The second-order valence-electron chi connectivity index (χ2n) is 15.0. The van der Waals surface area contributed by atoms with Crippen LogP contribution in [0.2, 0.25) is 0 Å². The minimum Gasteiger partial charge on any atom is -0.387 e. The van der Waals surface area contributed by atoms with Crippen molar-refractivity contribution in [3.05, 3.63) is 141 Å². The zero-order valence-corrected chi connectivity index (χ0v) is 33.4. The van der Waals surface area contributed by atoms with Gasteiger partial charge in [0.25, 0.3) is 5.56 Å². The molecule has 0 spiro atoms. The number of hydrogen-bond donors (Lipinski definition) is 11. The summed E-state index contributed by atoms with van der Waals surface area (Å²) in [5.41, 5.74) is 8.97. The van der Waals surface area contributed by atoms with Crippen LogP contribution in [-0.4, -0.2) is 110 Å². The minimum absolute atomic E-state index is 0.0175. The van der Waals surface area contributed by atoms with Gasteiger partial charge in [-0.15, -0.1) is 0 Å². The van der Waals surface area contributed by atoms with Gasteiger partial charge < -0.3 is 57.2 Å². The van der Waals surface area contributed by atoms with Crippen molar-refractivity contribution in [1.82, 2.24) is 46.1 Å². The number of aromatic amines is 3. The van der Waals surface area contributed by atoms with Crippen molar-refractivity contribution >= 4 is 45.6 Å². The number of amides is 5. The normalized spacial score (nSPS) is 18.8. The van der Waals surface area contributed by atoms with Crippen LogP contribution in [0.3, 0.4) is 0 Å². The summed E-state index contributed by atoms with van der Waals surface area (Å²) >= 11 is 0. The molecular weight excluding hydrogens is 801 g/mol. The van der Waals surface area contributed by atoms with E-state index < -0.39 is 90.8 Å². The first-order chi connectivity index (χ1) is 29.9. The molecule has 1 saturated heterocycles. The van der Waals surface area contributed by atoms with Crippen LogP contribution in [-0.2, 0) is 38.4 Å². The monoisotopic (exact) mass is 848 g/mol. The number of ether oxygens (including phenoxy) is 1. The van der Waals surface area contributed by atoms with Gasteiger partial charge >= 0.3 is 11.7 Å². The SMILES string of the molecule is N[C@@H](Cc1c[nH]c2ccccc12)C(=O)NC[C@H](NC(=O)[C@H](Cc1c[nH]c2ccccc12)NC(=O)NCCc1ccccc1)C(=O)NC[C@H]1O[C@@H](n2ccc(=O)[nH]c2=O)[C@H](O)[C@@H]1O. The smallest absolute Gasteiger partial charge is 0.330 e. The van der Waals surface area contributed by atoms with Gasteiger partial charge in [-0.2, -0.15) is 0 Å². The third kappa shape index (κ3) is 10.3. The fourth-order valence-electron chi connectivity index (χ4n) is 7.43. The van der Waals surface area contributed by atoms with E-state index in [4.69, 9.17) is 10.5 Å². The van der Waals surface area contributed by atoms with Crippen molar-refractivity contribution in [3.8, 4) is 0 Å². The molecule has 3 aromatic carbocycles. The lowest BCUT2D eigenvalue weighted by Gasteiger charge is -2.25. The van der Waals surface area contributed by atoms with Crippen molar-refractivity contribution in [2.75, 3.05) is 19.6 Å². The van der Waals surface area contributed by atoms with E-state index in [0.29, 0.717) is 12.0 Å². The van der Waals surface area contributed by atoms with E-state index >= 15 is 0 Å². The average Bonchev–Trinajstić information content (AvgIpc) is 3.96. The van der Waals surface area contributed by atoms with E-state index in [2.05, 4.69) is 41.5 Å². The Morgan fingerprint density at radius 2 is 1.37 bits per heavy atom. The predicted molar refractivity (Wildman–Crippen MR) is 228 cm³/mol. The van der Waals surface area contributed by atoms with E-state index in [1.165, 1.54) is 0 Å². The van der Waals surface area contributed by atoms with Gasteiger partial charge in [0.05, 0.1) is 6.04 Å². The molecule has 1 fully saturated rings. The number of H-pyrrole nitrogens is 3. The van der Waals surface area contributed by atoms with E-state index in [9.17, 15) is 39.0 Å². The average molecular weight is 849 g/mol. The van der Waals surface area contributed by atoms with Crippen molar-refractivity contribution < 1.29 is 34.1 Å². The number of fused-ring (bicyclic) bond motifs is 2. The molecule has 1 aliphatic heterocycles. The number of nitrogens with zero attached hydrogens (tertiary/aromatic N) is 1. The van der Waals surface area contributed by atoms with Crippen LogP contribution in [0.5, 0.6) is 0 Å². The number of aliphatic hydroxyl groups excluding tert-OH is 2. The second-order valence-corrected chi connectivity index (χ2v) is 15.0. The van der Waals surface area contributed by atoms with Gasteiger partial charge in [-0.3, -0.25) is 28.7 Å². The molecule has 4 heterocycles. The molecule has 0 radical (unpaired) electrons. The standard InChI is InChI=1S/C43H48N10O9/c44-29(18-25-20-46-30-12-6-4-10-27(25)30)38(57)48-22-33(39(58)49-23-34-36(55)37(56)41(62-34)53-17-15-35(54)52-43(53)61)50-40(59)32(19-26-21-47-31-13-7-5-11-28(26)31)51-42(60)45-16-14-24-8-2-1-3-9-24/h1-13,15,17,20-21,29,32-34,36-37,41,46-47,55-56H,14,16,18-19,22-23,44H2,(H,48,57)(H,49,58)(H,50,59)(H2,45,51,60)(H,52,54,61)/t29-,32-,33-,34+,36+,37+,41+/m0/s1. The Bertz CT molecular complexity index is 2640. The molecule has 19 heteroatoms. The Morgan fingerprint density at radius 3 is 2.05 bits per heavy atom. The van der Waals surface area contributed by atoms with Gasteiger partial charge in [0, 0.05) is 72.5 Å². The van der Waals surface area contributed by atoms with E-state index in [1.54, 1.807) is 12.4 Å². The highest BCUT2D eigenvalue weighted by molar-refractivity contribution is 5.94. The number of nitrogens with one attached hydrogen (secondary N) is 8. The Labute approximate surface area is 353 Å². The summed E-state index contributed by atoms with van der Waals surface area (Å²) in [6.07, 6.45) is -0.539. The summed E-state index contributed by atoms with van der Waals surface area (Å²) in [7, 11) is 0. The summed E-state index contributed by atoms with van der Waals surface area (Å²) in [6, 6.07) is 21.2. The summed E-state index contributed by atoms with van der Waals surface area (Å²) in [5, 5.41) is 36.7. The van der Waals surface area contributed by atoms with Crippen molar-refractivity contribution in [2.45, 2.75) is 61.9 Å². The van der Waals surface area contributed by atoms with E-state index in [1.807, 2.05) is 78.9 Å². The number of nitrogens with two attached hydrogens (primary N) is 1. The number of carbonyl (C=O) groups excluding carboxylic acids is 4. The molecule has 7 rings (SSSR count). The zero-order valence-electron chi connectivity index (χ0n) is 33.4. The van der Waals surface area contributed by atoms with Crippen LogP contribution in [0.15, 0.2) is 113 Å². The maximum Gasteiger partial charge on any atom is 0.330 e. The molecule has 3 aromatic heterocycles. The summed E-state index contributed by atoms with van der Waals surface area (Å²) in [6.45, 7) is -0.575. The maximum absolute atomic E-state index is 14.2. The van der Waals surface area contributed by atoms with Crippen molar-refractivity contribution in [1.29, 1.82) is 0 Å². The maximum atomic E-state index is 14.2. The van der Waals surface area contributed by atoms with Crippen LogP contribution in [0.25, 0.3) is 21.8 Å². The van der Waals surface area contributed by atoms with Gasteiger partial charge in [0.2, 0.25) is 17.7 Å². The third-order valence-electron chi connectivity index (χ3n) is 10.8. The molecule has 0 aliphatic carbocycles. The third-order valence-corrected chi connectivity index (χ3v) is 10.8. The fourth-order valence-corrected chi connectivity index (χ4v) is 7.43. The van der Waals surface area contributed by atoms with Crippen LogP contribution >= 0.6 is 0 Å². The molecule has 0 bridgehead atoms. The van der Waals surface area contributed by atoms with E-state index in [0.717, 1.165) is 49.8 Å². The molecule has 1 aliphatic rings. The Balaban J connectivity index is 1.07. The quantitative estimate of drug-likeness (QED) is 0.0563. The topological polar surface area (TPSA) is 291 Å². The van der Waals surface area contributed by atoms with Crippen LogP contribution in [0, 0.1) is 0 Å². The molecule has 0 saturated carbocycles. The lowest BCUT2D eigenvalue weighted by Crippen LogP contribution is -2.59. The first-order valence-corrected chi connectivity index (χ1v) is 20.1. The molecule has 19 nitrogen and oxygen atoms in total. The minimum atomic E-state index is -1.62. The van der Waals surface area contributed by atoms with E-state index in [-0.39, 0.29) is 19.4 Å². The van der Waals surface area contributed by atoms with Crippen molar-refractivity contribution in [2.24, 2.45) is 5.73 Å². The second kappa shape index (κ2) is 19.5. The van der Waals surface area contributed by atoms with Crippen molar-refractivity contribution in [3.63, 3.8) is 0 Å². The predicted octanol–water partition coefficient (Wildman–Crippen LogP) is -0.441. The highest BCUT2D eigenvalue weighted by Gasteiger charge is 2.44. The van der Waals surface area contributed by atoms with Crippen LogP contribution in [0.1, 0.15) is 22.9 Å². The first kappa shape index (κ1) is 43.0. The number of hydrogen-bond acceptors (Lipinski definition) is 10. The lowest BCUT2D eigenvalue weighted by atomic mass is 10.0. The number of aromatic nitrogens is 4. The summed E-state index contributed by atoms with van der Waals surface area (Å²) < 4.78 is 6.64. The first-order valence-electron chi connectivity index (χ1n) is 20.1. The number of aliphatic hydroxyl groups is 2. The number of benzene rings is 3. The zero-order chi connectivity index (χ0) is 43.8. The summed E-state index contributed by atoms with van der Waals surface area (Å²) in [4.78, 5) is 87.2. The van der Waals surface area contributed by atoms with Gasteiger partial charge in [0.15, 0.2) is 6.23 Å². The van der Waals surface area contributed by atoms with Crippen LogP contribution in [0.4, 0.5) is 4.79 Å². The highest BCUT2D eigenvalue weighted by Crippen LogP contribution is 2.28. The number of para-hydroxylation sites is 2. The van der Waals surface area contributed by atoms with Gasteiger partial charge in [-0.1, -0.05) is 66.7 Å². The molecule has 6 aromatic rings. The molecule has 5 amide bonds. The highest BCUT2D eigenvalue weighted by atomic mass is 16.6. The number of rotatable bonds is 17. The molecule has 62 heavy (non-hydrogen) atoms. The van der Waals surface area contributed by atoms with Gasteiger partial charge in [0.1, 0.15) is 30.4 Å². The Hall–Kier alpha value is -7.06. The Morgan fingerprint density at radius 1 is 0.726 bits per heavy atom. The van der Waals surface area contributed by atoms with Gasteiger partial charge in [-0.05, 0) is 41.7 Å². The lowest BCUT2D eigenvalue weighted by molar-refractivity contribution is -0.131. The number of urea groups is 1. The molecule has 324 valence electrons. The van der Waals surface area contributed by atoms with Gasteiger partial charge in [-0.25, -0.2) is 9.59 Å². The molecular formula is C43H48N10O9. The largest absolute Gasteiger partial charge is 0.387 e. The fraction of sp³-hybridized carbons (Fsp3) is 0.302. The van der Waals surface area contributed by atoms with Crippen LogP contribution < -0.4 is 43.6 Å².